The Bertz CT molecular complexity index is 812. The topological polar surface area (TPSA) is 92.5 Å². The highest BCUT2D eigenvalue weighted by molar-refractivity contribution is 6.01. The molecular formula is C20H25N3O4. The summed E-state index contributed by atoms with van der Waals surface area (Å²) in [4.78, 5) is 43.3. The highest BCUT2D eigenvalue weighted by Gasteiger charge is 2.39. The summed E-state index contributed by atoms with van der Waals surface area (Å²) in [6.07, 6.45) is 3.63. The van der Waals surface area contributed by atoms with Crippen LogP contribution in [0.1, 0.15) is 56.6 Å². The van der Waals surface area contributed by atoms with Crippen LogP contribution < -0.4 is 5.32 Å². The number of Topliss-reactive ketones (excluding diaryl/α,β-unsaturated/α-hetero) is 1. The first-order chi connectivity index (χ1) is 13.0. The minimum atomic E-state index is -0.598. The van der Waals surface area contributed by atoms with Gasteiger partial charge in [-0.1, -0.05) is 31.9 Å². The lowest BCUT2D eigenvalue weighted by Crippen LogP contribution is -2.51. The molecule has 2 atom stereocenters. The minimum absolute atomic E-state index is 0.0329. The first-order valence-corrected chi connectivity index (χ1v) is 9.48. The van der Waals surface area contributed by atoms with Gasteiger partial charge in [-0.2, -0.15) is 0 Å². The Morgan fingerprint density at radius 3 is 2.81 bits per heavy atom. The number of likely N-dealkylation sites (tertiary alicyclic amines) is 1. The average Bonchev–Trinajstić information content (AvgIpc) is 3.30. The van der Waals surface area contributed by atoms with E-state index >= 15 is 0 Å². The number of carbonyl (C=O) groups is 3. The number of aromatic nitrogens is 1. The van der Waals surface area contributed by atoms with Crippen molar-refractivity contribution in [3.63, 3.8) is 0 Å². The smallest absolute Gasteiger partial charge is 0.266 e. The summed E-state index contributed by atoms with van der Waals surface area (Å²) < 4.78 is 5.59. The molecule has 1 aromatic carbocycles. The van der Waals surface area contributed by atoms with Gasteiger partial charge in [-0.05, 0) is 31.4 Å². The number of fused-ring (bicyclic) bond motifs is 1. The number of para-hydroxylation sites is 2. The molecule has 0 bridgehead atoms. The number of nitrogens with one attached hydrogen (secondary N) is 1. The van der Waals surface area contributed by atoms with Crippen molar-refractivity contribution in [2.45, 2.75) is 58.0 Å². The number of nitrogens with zero attached hydrogens (tertiary/aromatic N) is 2. The van der Waals surface area contributed by atoms with Crippen LogP contribution in [-0.2, 0) is 9.59 Å². The number of hydrogen-bond acceptors (Lipinski definition) is 5. The van der Waals surface area contributed by atoms with Gasteiger partial charge in [0.15, 0.2) is 5.58 Å². The van der Waals surface area contributed by atoms with Gasteiger partial charge in [0.2, 0.25) is 17.6 Å². The largest absolute Gasteiger partial charge is 0.434 e. The van der Waals surface area contributed by atoms with E-state index in [-0.39, 0.29) is 23.5 Å². The van der Waals surface area contributed by atoms with Crippen molar-refractivity contribution in [3.05, 3.63) is 30.2 Å². The lowest BCUT2D eigenvalue weighted by Gasteiger charge is -2.27. The number of unbranched alkanes of at least 4 members (excludes halogenated alkanes) is 1. The fraction of sp³-hybridized carbons (Fsp3) is 0.500. The summed E-state index contributed by atoms with van der Waals surface area (Å²) in [7, 11) is 0. The molecule has 3 rings (SSSR count). The number of carbonyl (C=O) groups excluding carboxylic acids is 3. The number of amides is 2. The van der Waals surface area contributed by atoms with Crippen molar-refractivity contribution in [2.75, 3.05) is 6.54 Å². The summed E-state index contributed by atoms with van der Waals surface area (Å²) in [5, 5.41) is 2.73. The number of benzene rings is 1. The summed E-state index contributed by atoms with van der Waals surface area (Å²) in [6, 6.07) is 6.00. The Hall–Kier alpha value is -2.70. The van der Waals surface area contributed by atoms with E-state index in [4.69, 9.17) is 4.42 Å². The van der Waals surface area contributed by atoms with Crippen LogP contribution in [0.4, 0.5) is 0 Å². The van der Waals surface area contributed by atoms with Gasteiger partial charge in [-0.3, -0.25) is 14.4 Å². The molecule has 0 saturated carbocycles. The maximum absolute atomic E-state index is 13.0. The number of hydrogen-bond donors (Lipinski definition) is 1. The van der Waals surface area contributed by atoms with E-state index in [1.54, 1.807) is 17.0 Å². The van der Waals surface area contributed by atoms with Crippen molar-refractivity contribution >= 4 is 28.7 Å². The Kier molecular flexibility index (Phi) is 5.88. The monoisotopic (exact) mass is 371 g/mol. The molecule has 144 valence electrons. The fourth-order valence-corrected chi connectivity index (χ4v) is 3.53. The minimum Gasteiger partial charge on any atom is -0.434 e. The predicted octanol–water partition coefficient (Wildman–Crippen LogP) is 2.70. The first kappa shape index (κ1) is 19.1. The molecule has 2 amide bonds. The molecule has 2 unspecified atom stereocenters. The lowest BCUT2D eigenvalue weighted by atomic mass is 10.1. The Balaban J connectivity index is 1.79. The van der Waals surface area contributed by atoms with E-state index < -0.39 is 12.1 Å². The van der Waals surface area contributed by atoms with Gasteiger partial charge < -0.3 is 14.6 Å². The van der Waals surface area contributed by atoms with E-state index in [1.165, 1.54) is 6.92 Å². The highest BCUT2D eigenvalue weighted by atomic mass is 16.4. The predicted molar refractivity (Wildman–Crippen MR) is 100 cm³/mol. The van der Waals surface area contributed by atoms with Crippen LogP contribution in [0.15, 0.2) is 28.7 Å². The van der Waals surface area contributed by atoms with E-state index in [9.17, 15) is 14.4 Å². The quantitative estimate of drug-likeness (QED) is 0.756. The van der Waals surface area contributed by atoms with Gasteiger partial charge in [0, 0.05) is 13.5 Å². The zero-order chi connectivity index (χ0) is 19.4. The van der Waals surface area contributed by atoms with Gasteiger partial charge in [-0.25, -0.2) is 4.98 Å². The molecule has 1 aromatic heterocycles. The molecule has 2 aromatic rings. The number of ketones is 1. The molecule has 0 spiro atoms. The molecular weight excluding hydrogens is 346 g/mol. The number of oxazole rings is 1. The fourth-order valence-electron chi connectivity index (χ4n) is 3.53. The normalized spacial score (nSPS) is 17.9. The molecule has 1 fully saturated rings. The van der Waals surface area contributed by atoms with Crippen molar-refractivity contribution in [2.24, 2.45) is 0 Å². The van der Waals surface area contributed by atoms with E-state index in [0.29, 0.717) is 30.5 Å². The zero-order valence-electron chi connectivity index (χ0n) is 15.7. The molecule has 2 heterocycles. The summed E-state index contributed by atoms with van der Waals surface area (Å²) in [5.74, 6) is -0.698. The molecule has 7 heteroatoms. The van der Waals surface area contributed by atoms with Gasteiger partial charge in [0.1, 0.15) is 17.6 Å². The molecule has 1 aliphatic heterocycles. The third kappa shape index (κ3) is 4.18. The van der Waals surface area contributed by atoms with Crippen LogP contribution in [0.3, 0.4) is 0 Å². The summed E-state index contributed by atoms with van der Waals surface area (Å²) in [6.45, 7) is 3.93. The van der Waals surface area contributed by atoms with Crippen LogP contribution in [0, 0.1) is 0 Å². The lowest BCUT2D eigenvalue weighted by molar-refractivity contribution is -0.136. The van der Waals surface area contributed by atoms with Crippen molar-refractivity contribution in [1.29, 1.82) is 0 Å². The Morgan fingerprint density at radius 2 is 2.11 bits per heavy atom. The second kappa shape index (κ2) is 8.33. The molecule has 7 nitrogen and oxygen atoms in total. The van der Waals surface area contributed by atoms with Crippen molar-refractivity contribution in [3.8, 4) is 0 Å². The molecule has 1 N–H and O–H groups in total. The van der Waals surface area contributed by atoms with Gasteiger partial charge in [0.25, 0.3) is 5.89 Å². The summed E-state index contributed by atoms with van der Waals surface area (Å²) in [5.41, 5.74) is 1.17. The molecule has 0 aliphatic carbocycles. The maximum Gasteiger partial charge on any atom is 0.266 e. The number of rotatable bonds is 7. The van der Waals surface area contributed by atoms with Crippen LogP contribution in [0.5, 0.6) is 0 Å². The van der Waals surface area contributed by atoms with E-state index in [1.807, 2.05) is 19.1 Å². The van der Waals surface area contributed by atoms with Crippen LogP contribution in [-0.4, -0.2) is 46.1 Å². The Labute approximate surface area is 158 Å². The van der Waals surface area contributed by atoms with E-state index in [0.717, 1.165) is 19.3 Å². The van der Waals surface area contributed by atoms with Crippen molar-refractivity contribution in [1.82, 2.24) is 15.2 Å². The van der Waals surface area contributed by atoms with Gasteiger partial charge in [-0.15, -0.1) is 0 Å². The van der Waals surface area contributed by atoms with Crippen LogP contribution in [0.25, 0.3) is 11.1 Å². The van der Waals surface area contributed by atoms with Crippen molar-refractivity contribution < 1.29 is 18.8 Å². The Morgan fingerprint density at radius 1 is 1.33 bits per heavy atom. The van der Waals surface area contributed by atoms with Gasteiger partial charge in [0.05, 0.1) is 0 Å². The second-order valence-electron chi connectivity index (χ2n) is 6.94. The van der Waals surface area contributed by atoms with Crippen LogP contribution in [0.2, 0.25) is 0 Å². The third-order valence-corrected chi connectivity index (χ3v) is 4.87. The average molecular weight is 371 g/mol. The van der Waals surface area contributed by atoms with E-state index in [2.05, 4.69) is 10.3 Å². The summed E-state index contributed by atoms with van der Waals surface area (Å²) >= 11 is 0. The SMILES string of the molecule is CCCCC(NC(C)=O)C(=O)N1CCCC1C(=O)c1nc2ccccc2o1. The molecule has 1 aliphatic rings. The second-order valence-corrected chi connectivity index (χ2v) is 6.94. The highest BCUT2D eigenvalue weighted by Crippen LogP contribution is 2.24. The molecule has 1 saturated heterocycles. The van der Waals surface area contributed by atoms with Crippen LogP contribution >= 0.6 is 0 Å². The molecule has 0 radical (unpaired) electrons. The first-order valence-electron chi connectivity index (χ1n) is 9.48. The van der Waals surface area contributed by atoms with Gasteiger partial charge >= 0.3 is 0 Å². The third-order valence-electron chi connectivity index (χ3n) is 4.87. The molecule has 27 heavy (non-hydrogen) atoms. The maximum atomic E-state index is 13.0. The zero-order valence-corrected chi connectivity index (χ0v) is 15.7. The standard InChI is InChI=1S/C20H25N3O4/c1-3-4-8-15(21-13(2)24)20(26)23-12-7-10-16(23)18(25)19-22-14-9-5-6-11-17(14)27-19/h5-6,9,11,15-16H,3-4,7-8,10,12H2,1-2H3,(H,21,24).